The Morgan fingerprint density at radius 3 is 2.17 bits per heavy atom. The van der Waals surface area contributed by atoms with Crippen LogP contribution in [-0.2, 0) is 9.47 Å². The van der Waals surface area contributed by atoms with Crippen LogP contribution in [0.5, 0.6) is 0 Å². The average Bonchev–Trinajstić information content (AvgIpc) is 2.86. The molecular weight excluding hydrogens is 346 g/mol. The third kappa shape index (κ3) is 4.24. The topological polar surface area (TPSA) is 50.8 Å². The number of carbonyl (C=O) groups excluding carboxylic acids is 1. The summed E-state index contributed by atoms with van der Waals surface area (Å²) in [5, 5.41) is 3.05. The van der Waals surface area contributed by atoms with Crippen LogP contribution < -0.4 is 5.32 Å². The second kappa shape index (κ2) is 6.58. The van der Waals surface area contributed by atoms with E-state index in [1.165, 1.54) is 0 Å². The van der Waals surface area contributed by atoms with Crippen LogP contribution in [-0.4, -0.2) is 67.8 Å². The fourth-order valence-electron chi connectivity index (χ4n) is 2.97. The van der Waals surface area contributed by atoms with Crippen molar-refractivity contribution in [2.45, 2.75) is 49.4 Å². The molecule has 2 heterocycles. The molecule has 1 atom stereocenters. The number of amides is 1. The normalized spacial score (nSPS) is 24.7. The van der Waals surface area contributed by atoms with E-state index in [4.69, 9.17) is 4.74 Å². The molecule has 2 aliphatic rings. The minimum absolute atomic E-state index is 0.0162. The molecule has 2 aliphatic heterocycles. The molecule has 24 heavy (non-hydrogen) atoms. The van der Waals surface area contributed by atoms with Crippen molar-refractivity contribution in [2.24, 2.45) is 0 Å². The largest absolute Gasteiger partial charge is 0.434 e. The summed E-state index contributed by atoms with van der Waals surface area (Å²) in [5.41, 5.74) is -0.488. The van der Waals surface area contributed by atoms with Gasteiger partial charge < -0.3 is 19.7 Å². The number of likely N-dealkylation sites (N-methyl/N-ethyl adjacent to an activating group) is 1. The number of rotatable bonds is 2. The first kappa shape index (κ1) is 19.1. The van der Waals surface area contributed by atoms with Crippen molar-refractivity contribution in [1.29, 1.82) is 0 Å². The Morgan fingerprint density at radius 1 is 1.21 bits per heavy atom. The highest BCUT2D eigenvalue weighted by Gasteiger charge is 2.60. The zero-order valence-corrected chi connectivity index (χ0v) is 12.8. The van der Waals surface area contributed by atoms with Gasteiger partial charge in [0, 0.05) is 19.1 Å². The predicted octanol–water partition coefficient (Wildman–Crippen LogP) is 2.46. The lowest BCUT2D eigenvalue weighted by Crippen LogP contribution is -2.51. The first-order chi connectivity index (χ1) is 11.0. The molecule has 5 nitrogen and oxygen atoms in total. The molecular formula is C13H18F6N2O3. The Balaban J connectivity index is 1.93. The number of ether oxygens (including phenoxy) is 2. The van der Waals surface area contributed by atoms with E-state index in [0.29, 0.717) is 25.9 Å². The first-order valence-corrected chi connectivity index (χ1v) is 7.37. The van der Waals surface area contributed by atoms with E-state index >= 15 is 0 Å². The van der Waals surface area contributed by atoms with Gasteiger partial charge in [0.25, 0.3) is 6.10 Å². The number of alkyl halides is 6. The first-order valence-electron chi connectivity index (χ1n) is 7.37. The number of carbonyl (C=O) groups is 1. The van der Waals surface area contributed by atoms with Gasteiger partial charge in [-0.15, -0.1) is 0 Å². The van der Waals surface area contributed by atoms with Crippen molar-refractivity contribution in [3.63, 3.8) is 0 Å². The number of hydrogen-bond donors (Lipinski definition) is 1. The third-order valence-electron chi connectivity index (χ3n) is 4.36. The molecule has 0 aromatic rings. The number of piperidine rings is 1. The van der Waals surface area contributed by atoms with Gasteiger partial charge in [-0.3, -0.25) is 0 Å². The summed E-state index contributed by atoms with van der Waals surface area (Å²) in [6.07, 6.45) is -15.8. The zero-order valence-electron chi connectivity index (χ0n) is 12.8. The van der Waals surface area contributed by atoms with Crippen molar-refractivity contribution in [2.75, 3.05) is 26.7 Å². The summed E-state index contributed by atoms with van der Waals surface area (Å²) in [6, 6.07) is 0.142. The summed E-state index contributed by atoms with van der Waals surface area (Å²) in [4.78, 5) is 12.5. The molecule has 1 spiro atoms. The molecule has 140 valence electrons. The van der Waals surface area contributed by atoms with E-state index in [9.17, 15) is 31.1 Å². The summed E-state index contributed by atoms with van der Waals surface area (Å²) >= 11 is 0. The Kier molecular flexibility index (Phi) is 5.24. The standard InChI is InChI=1S/C13H18F6N2O3/c1-20-8-6-11(23-7-8)2-4-21(5-3-11)10(22)24-9(12(14,15)16)13(17,18)19/h8-9,20H,2-7H2,1H3. The molecule has 0 aromatic heterocycles. The van der Waals surface area contributed by atoms with Gasteiger partial charge >= 0.3 is 18.4 Å². The summed E-state index contributed by atoms with van der Waals surface area (Å²) in [6.45, 7) is 0.445. The third-order valence-corrected chi connectivity index (χ3v) is 4.36. The van der Waals surface area contributed by atoms with Gasteiger partial charge in [-0.25, -0.2) is 4.79 Å². The van der Waals surface area contributed by atoms with Crippen LogP contribution in [0.3, 0.4) is 0 Å². The summed E-state index contributed by atoms with van der Waals surface area (Å²) in [5.74, 6) is 0. The fourth-order valence-corrected chi connectivity index (χ4v) is 2.97. The van der Waals surface area contributed by atoms with E-state index in [-0.39, 0.29) is 19.1 Å². The lowest BCUT2D eigenvalue weighted by molar-refractivity contribution is -0.308. The zero-order chi connectivity index (χ0) is 18.2. The van der Waals surface area contributed by atoms with Gasteiger partial charge in [-0.1, -0.05) is 0 Å². The second-order valence-electron chi connectivity index (χ2n) is 6.02. The van der Waals surface area contributed by atoms with Crippen LogP contribution in [0.25, 0.3) is 0 Å². The van der Waals surface area contributed by atoms with E-state index in [0.717, 1.165) is 4.90 Å². The van der Waals surface area contributed by atoms with E-state index in [2.05, 4.69) is 10.1 Å². The quantitative estimate of drug-likeness (QED) is 0.765. The molecule has 2 saturated heterocycles. The molecule has 0 aromatic carbocycles. The lowest BCUT2D eigenvalue weighted by atomic mass is 9.87. The molecule has 1 N–H and O–H groups in total. The maximum absolute atomic E-state index is 12.4. The van der Waals surface area contributed by atoms with E-state index < -0.39 is 30.2 Å². The molecule has 0 radical (unpaired) electrons. The monoisotopic (exact) mass is 364 g/mol. The van der Waals surface area contributed by atoms with Crippen molar-refractivity contribution in [3.8, 4) is 0 Å². The van der Waals surface area contributed by atoms with Gasteiger partial charge in [0.05, 0.1) is 12.2 Å². The van der Waals surface area contributed by atoms with Crippen LogP contribution in [0.4, 0.5) is 31.1 Å². The van der Waals surface area contributed by atoms with Crippen molar-refractivity contribution >= 4 is 6.09 Å². The Labute approximate surface area is 134 Å². The predicted molar refractivity (Wildman–Crippen MR) is 69.3 cm³/mol. The van der Waals surface area contributed by atoms with Crippen molar-refractivity contribution < 1.29 is 40.6 Å². The highest BCUT2D eigenvalue weighted by molar-refractivity contribution is 5.68. The van der Waals surface area contributed by atoms with E-state index in [1.54, 1.807) is 7.05 Å². The molecule has 11 heteroatoms. The maximum Gasteiger partial charge on any atom is 0.434 e. The van der Waals surface area contributed by atoms with E-state index in [1.807, 2.05) is 0 Å². The SMILES string of the molecule is CNC1COC2(CCN(C(=O)OC(C(F)(F)F)C(F)(F)F)CC2)C1. The Hall–Kier alpha value is -1.23. The number of hydrogen-bond acceptors (Lipinski definition) is 4. The Bertz CT molecular complexity index is 446. The smallest absolute Gasteiger partial charge is 0.426 e. The number of nitrogens with zero attached hydrogens (tertiary/aromatic N) is 1. The van der Waals surface area contributed by atoms with Gasteiger partial charge in [0.1, 0.15) is 0 Å². The Morgan fingerprint density at radius 2 is 1.75 bits per heavy atom. The van der Waals surface area contributed by atoms with Crippen molar-refractivity contribution in [1.82, 2.24) is 10.2 Å². The van der Waals surface area contributed by atoms with Crippen LogP contribution in [0.15, 0.2) is 0 Å². The minimum atomic E-state index is -5.71. The van der Waals surface area contributed by atoms with Crippen LogP contribution in [0.1, 0.15) is 19.3 Å². The average molecular weight is 364 g/mol. The molecule has 1 unspecified atom stereocenters. The van der Waals surface area contributed by atoms with Gasteiger partial charge in [0.15, 0.2) is 0 Å². The minimum Gasteiger partial charge on any atom is -0.426 e. The molecule has 0 saturated carbocycles. The highest BCUT2D eigenvalue weighted by Crippen LogP contribution is 2.38. The molecule has 2 rings (SSSR count). The van der Waals surface area contributed by atoms with Crippen molar-refractivity contribution in [3.05, 3.63) is 0 Å². The van der Waals surface area contributed by atoms with Crippen LogP contribution in [0.2, 0.25) is 0 Å². The van der Waals surface area contributed by atoms with Crippen LogP contribution >= 0.6 is 0 Å². The number of nitrogens with one attached hydrogen (secondary N) is 1. The molecule has 2 fully saturated rings. The number of likely N-dealkylation sites (tertiary alicyclic amines) is 1. The molecule has 1 amide bonds. The summed E-state index contributed by atoms with van der Waals surface area (Å²) in [7, 11) is 1.77. The van der Waals surface area contributed by atoms with Crippen LogP contribution in [0, 0.1) is 0 Å². The van der Waals surface area contributed by atoms with Gasteiger partial charge in [-0.05, 0) is 26.3 Å². The maximum atomic E-state index is 12.4. The highest BCUT2D eigenvalue weighted by atomic mass is 19.4. The summed E-state index contributed by atoms with van der Waals surface area (Å²) < 4.78 is 83.9. The van der Waals surface area contributed by atoms with Gasteiger partial charge in [0.2, 0.25) is 0 Å². The molecule has 0 bridgehead atoms. The fraction of sp³-hybridized carbons (Fsp3) is 0.923. The molecule has 0 aliphatic carbocycles. The lowest BCUT2D eigenvalue weighted by Gasteiger charge is -2.38. The van der Waals surface area contributed by atoms with Gasteiger partial charge in [-0.2, -0.15) is 26.3 Å². The number of halogens is 6. The second-order valence-corrected chi connectivity index (χ2v) is 6.02.